The molecule has 0 spiro atoms. The number of fused-ring (bicyclic) bond motifs is 1. The SMILES string of the molecule is CCNC(=NCc1nnc2ccccn12)NCCCN1CCN(c2cccc(C)c2)CC1. The Balaban J connectivity index is 1.20. The summed E-state index contributed by atoms with van der Waals surface area (Å²) in [7, 11) is 0. The lowest BCUT2D eigenvalue weighted by Crippen LogP contribution is -2.47. The molecule has 170 valence electrons. The minimum absolute atomic E-state index is 0.488. The van der Waals surface area contributed by atoms with E-state index in [0.717, 1.165) is 69.7 Å². The van der Waals surface area contributed by atoms with Gasteiger partial charge in [0.1, 0.15) is 6.54 Å². The number of anilines is 1. The molecule has 0 saturated carbocycles. The highest BCUT2D eigenvalue weighted by Crippen LogP contribution is 2.17. The van der Waals surface area contributed by atoms with Crippen molar-refractivity contribution in [1.29, 1.82) is 0 Å². The molecule has 0 atom stereocenters. The second-order valence-electron chi connectivity index (χ2n) is 8.19. The van der Waals surface area contributed by atoms with Crippen LogP contribution in [0.4, 0.5) is 5.69 Å². The van der Waals surface area contributed by atoms with E-state index in [2.05, 4.69) is 68.7 Å². The van der Waals surface area contributed by atoms with E-state index in [9.17, 15) is 0 Å². The minimum Gasteiger partial charge on any atom is -0.369 e. The monoisotopic (exact) mass is 434 g/mol. The Morgan fingerprint density at radius 2 is 1.91 bits per heavy atom. The molecule has 0 radical (unpaired) electrons. The molecule has 0 amide bonds. The number of hydrogen-bond acceptors (Lipinski definition) is 5. The van der Waals surface area contributed by atoms with Crippen LogP contribution in [0, 0.1) is 6.92 Å². The van der Waals surface area contributed by atoms with Crippen molar-refractivity contribution < 1.29 is 0 Å². The zero-order chi connectivity index (χ0) is 22.2. The number of aliphatic imine (C=N–C) groups is 1. The van der Waals surface area contributed by atoms with Gasteiger partial charge in [0.15, 0.2) is 17.4 Å². The highest BCUT2D eigenvalue weighted by molar-refractivity contribution is 5.79. The van der Waals surface area contributed by atoms with Crippen molar-refractivity contribution in [2.45, 2.75) is 26.8 Å². The summed E-state index contributed by atoms with van der Waals surface area (Å²) in [6.45, 7) is 12.0. The number of guanidine groups is 1. The number of rotatable bonds is 8. The lowest BCUT2D eigenvalue weighted by molar-refractivity contribution is 0.255. The van der Waals surface area contributed by atoms with Crippen molar-refractivity contribution in [2.75, 3.05) is 50.7 Å². The molecule has 0 bridgehead atoms. The topological polar surface area (TPSA) is 73.1 Å². The molecule has 8 heteroatoms. The summed E-state index contributed by atoms with van der Waals surface area (Å²) in [5.74, 6) is 1.66. The Kier molecular flexibility index (Phi) is 7.55. The normalized spacial score (nSPS) is 15.3. The Morgan fingerprint density at radius 1 is 1.03 bits per heavy atom. The number of aryl methyl sites for hydroxylation is 1. The van der Waals surface area contributed by atoms with Crippen molar-refractivity contribution in [1.82, 2.24) is 30.1 Å². The van der Waals surface area contributed by atoms with Gasteiger partial charge in [0.25, 0.3) is 0 Å². The largest absolute Gasteiger partial charge is 0.369 e. The van der Waals surface area contributed by atoms with E-state index < -0.39 is 0 Å². The van der Waals surface area contributed by atoms with Crippen LogP contribution < -0.4 is 15.5 Å². The van der Waals surface area contributed by atoms with Crippen LogP contribution in [0.15, 0.2) is 53.7 Å². The van der Waals surface area contributed by atoms with Crippen LogP contribution >= 0.6 is 0 Å². The molecule has 2 aromatic heterocycles. The summed E-state index contributed by atoms with van der Waals surface area (Å²) in [6.07, 6.45) is 3.06. The molecule has 32 heavy (non-hydrogen) atoms. The average molecular weight is 435 g/mol. The second-order valence-corrected chi connectivity index (χ2v) is 8.19. The smallest absolute Gasteiger partial charge is 0.191 e. The van der Waals surface area contributed by atoms with Gasteiger partial charge in [-0.1, -0.05) is 18.2 Å². The van der Waals surface area contributed by atoms with Gasteiger partial charge in [0.2, 0.25) is 0 Å². The molecular weight excluding hydrogens is 400 g/mol. The Labute approximate surface area is 190 Å². The lowest BCUT2D eigenvalue weighted by atomic mass is 10.2. The van der Waals surface area contributed by atoms with Crippen molar-refractivity contribution in [2.24, 2.45) is 4.99 Å². The highest BCUT2D eigenvalue weighted by Gasteiger charge is 2.16. The molecule has 8 nitrogen and oxygen atoms in total. The number of aromatic nitrogens is 3. The molecule has 4 rings (SSSR count). The third kappa shape index (κ3) is 5.76. The molecule has 1 aromatic carbocycles. The fraction of sp³-hybridized carbons (Fsp3) is 0.458. The van der Waals surface area contributed by atoms with E-state index in [1.54, 1.807) is 0 Å². The van der Waals surface area contributed by atoms with Gasteiger partial charge in [-0.05, 0) is 56.6 Å². The summed E-state index contributed by atoms with van der Waals surface area (Å²) in [6, 6.07) is 14.7. The summed E-state index contributed by atoms with van der Waals surface area (Å²) in [4.78, 5) is 9.74. The predicted molar refractivity (Wildman–Crippen MR) is 130 cm³/mol. The Bertz CT molecular complexity index is 1020. The third-order valence-electron chi connectivity index (χ3n) is 5.79. The van der Waals surface area contributed by atoms with E-state index >= 15 is 0 Å². The molecule has 1 fully saturated rings. The van der Waals surface area contributed by atoms with Gasteiger partial charge in [0, 0.05) is 51.2 Å². The van der Waals surface area contributed by atoms with Crippen LogP contribution in [-0.4, -0.2) is 71.3 Å². The van der Waals surface area contributed by atoms with Gasteiger partial charge < -0.3 is 15.5 Å². The van der Waals surface area contributed by atoms with Crippen molar-refractivity contribution >= 4 is 17.3 Å². The first-order valence-electron chi connectivity index (χ1n) is 11.6. The van der Waals surface area contributed by atoms with Gasteiger partial charge >= 0.3 is 0 Å². The molecule has 0 unspecified atom stereocenters. The van der Waals surface area contributed by atoms with Crippen molar-refractivity contribution in [3.63, 3.8) is 0 Å². The van der Waals surface area contributed by atoms with E-state index in [4.69, 9.17) is 4.99 Å². The fourth-order valence-electron chi connectivity index (χ4n) is 4.05. The molecule has 3 heterocycles. The molecule has 0 aliphatic carbocycles. The van der Waals surface area contributed by atoms with E-state index in [1.165, 1.54) is 11.3 Å². The quantitative estimate of drug-likeness (QED) is 0.322. The maximum Gasteiger partial charge on any atom is 0.191 e. The summed E-state index contributed by atoms with van der Waals surface area (Å²) in [5.41, 5.74) is 3.52. The number of nitrogens with one attached hydrogen (secondary N) is 2. The van der Waals surface area contributed by atoms with Crippen LogP contribution in [-0.2, 0) is 6.54 Å². The van der Waals surface area contributed by atoms with E-state index in [1.807, 2.05) is 28.8 Å². The second kappa shape index (κ2) is 10.9. The van der Waals surface area contributed by atoms with E-state index in [0.29, 0.717) is 6.54 Å². The molecule has 2 N–H and O–H groups in total. The van der Waals surface area contributed by atoms with Crippen molar-refractivity contribution in [3.8, 4) is 0 Å². The Hall–Kier alpha value is -3.13. The first kappa shape index (κ1) is 22.1. The highest BCUT2D eigenvalue weighted by atomic mass is 15.3. The molecule has 1 saturated heterocycles. The zero-order valence-corrected chi connectivity index (χ0v) is 19.2. The van der Waals surface area contributed by atoms with E-state index in [-0.39, 0.29) is 0 Å². The molecular formula is C24H34N8. The lowest BCUT2D eigenvalue weighted by Gasteiger charge is -2.36. The summed E-state index contributed by atoms with van der Waals surface area (Å²) < 4.78 is 1.98. The van der Waals surface area contributed by atoms with Gasteiger partial charge in [-0.25, -0.2) is 4.99 Å². The van der Waals surface area contributed by atoms with Gasteiger partial charge in [-0.2, -0.15) is 0 Å². The molecule has 3 aromatic rings. The van der Waals surface area contributed by atoms with Crippen LogP contribution in [0.1, 0.15) is 24.7 Å². The Morgan fingerprint density at radius 3 is 2.72 bits per heavy atom. The van der Waals surface area contributed by atoms with Crippen LogP contribution in [0.25, 0.3) is 5.65 Å². The fourth-order valence-corrected chi connectivity index (χ4v) is 4.05. The average Bonchev–Trinajstić information content (AvgIpc) is 3.24. The maximum atomic E-state index is 4.69. The maximum absolute atomic E-state index is 4.69. The van der Waals surface area contributed by atoms with Gasteiger partial charge in [-0.15, -0.1) is 10.2 Å². The number of benzene rings is 1. The number of pyridine rings is 1. The summed E-state index contributed by atoms with van der Waals surface area (Å²) in [5, 5.41) is 15.2. The standard InChI is InChI=1S/C24H34N8/c1-3-25-24(27-19-23-29-28-22-10-4-5-13-32(22)23)26-11-7-12-30-14-16-31(17-15-30)21-9-6-8-20(2)18-21/h4-6,8-10,13,18H,3,7,11-12,14-17,19H2,1-2H3,(H2,25,26,27). The number of nitrogens with zero attached hydrogens (tertiary/aromatic N) is 6. The number of hydrogen-bond donors (Lipinski definition) is 2. The van der Waals surface area contributed by atoms with Crippen LogP contribution in [0.3, 0.4) is 0 Å². The van der Waals surface area contributed by atoms with Gasteiger partial charge in [-0.3, -0.25) is 9.30 Å². The van der Waals surface area contributed by atoms with Crippen LogP contribution in [0.5, 0.6) is 0 Å². The van der Waals surface area contributed by atoms with Gasteiger partial charge in [0.05, 0.1) is 0 Å². The molecule has 1 aliphatic heterocycles. The summed E-state index contributed by atoms with van der Waals surface area (Å²) >= 11 is 0. The predicted octanol–water partition coefficient (Wildman–Crippen LogP) is 2.31. The number of piperazine rings is 1. The first-order valence-corrected chi connectivity index (χ1v) is 11.6. The van der Waals surface area contributed by atoms with Crippen molar-refractivity contribution in [3.05, 3.63) is 60.0 Å². The first-order chi connectivity index (χ1) is 15.7. The minimum atomic E-state index is 0.488. The van der Waals surface area contributed by atoms with Crippen LogP contribution in [0.2, 0.25) is 0 Å². The molecule has 1 aliphatic rings. The zero-order valence-electron chi connectivity index (χ0n) is 19.2. The third-order valence-corrected chi connectivity index (χ3v) is 5.79.